The van der Waals surface area contributed by atoms with Crippen molar-refractivity contribution < 1.29 is 43.1 Å². The minimum atomic E-state index is -0.804. The SMILES string of the molecule is O=C(OCCOCCOCCOCCOC(=O)c1ccccc1[N+](=O)[O-])c1ccccc1[N+](=O)[O-]. The Balaban J connectivity index is 1.46. The van der Waals surface area contributed by atoms with Gasteiger partial charge in [0.25, 0.3) is 11.4 Å². The summed E-state index contributed by atoms with van der Waals surface area (Å²) in [6, 6.07) is 11.0. The zero-order valence-electron chi connectivity index (χ0n) is 18.7. The largest absolute Gasteiger partial charge is 0.459 e. The second-order valence-corrected chi connectivity index (χ2v) is 6.66. The van der Waals surface area contributed by atoms with Crippen molar-refractivity contribution in [3.8, 4) is 0 Å². The Morgan fingerprint density at radius 1 is 0.571 bits per heavy atom. The fourth-order valence-corrected chi connectivity index (χ4v) is 2.69. The Hall–Kier alpha value is -3.94. The summed E-state index contributed by atoms with van der Waals surface area (Å²) in [6.07, 6.45) is 0. The van der Waals surface area contributed by atoms with Gasteiger partial charge in [-0.15, -0.1) is 0 Å². The quantitative estimate of drug-likeness (QED) is 0.146. The Morgan fingerprint density at radius 3 is 1.23 bits per heavy atom. The molecule has 2 aromatic rings. The molecule has 0 spiro atoms. The third kappa shape index (κ3) is 9.44. The minimum absolute atomic E-state index is 0.0706. The summed E-state index contributed by atoms with van der Waals surface area (Å²) >= 11 is 0. The normalized spacial score (nSPS) is 10.5. The molecule has 0 aliphatic rings. The molecule has 0 saturated heterocycles. The summed E-state index contributed by atoms with van der Waals surface area (Å²) in [4.78, 5) is 44.4. The molecule has 0 heterocycles. The van der Waals surface area contributed by atoms with Gasteiger partial charge in [0.1, 0.15) is 24.3 Å². The lowest BCUT2D eigenvalue weighted by Crippen LogP contribution is -2.16. The first-order chi connectivity index (χ1) is 16.9. The number of benzene rings is 2. The molecule has 0 radical (unpaired) electrons. The number of rotatable bonds is 16. The van der Waals surface area contributed by atoms with Crippen molar-refractivity contribution in [2.24, 2.45) is 0 Å². The lowest BCUT2D eigenvalue weighted by Gasteiger charge is -2.08. The molecule has 0 aliphatic heterocycles. The van der Waals surface area contributed by atoms with Crippen LogP contribution in [0.15, 0.2) is 48.5 Å². The third-order valence-corrected chi connectivity index (χ3v) is 4.31. The van der Waals surface area contributed by atoms with Crippen molar-refractivity contribution in [1.29, 1.82) is 0 Å². The topological polar surface area (TPSA) is 167 Å². The smallest absolute Gasteiger partial charge is 0.345 e. The number of nitrogens with zero attached hydrogens (tertiary/aromatic N) is 2. The van der Waals surface area contributed by atoms with E-state index in [-0.39, 0.29) is 75.4 Å². The lowest BCUT2D eigenvalue weighted by atomic mass is 10.2. The van der Waals surface area contributed by atoms with E-state index >= 15 is 0 Å². The van der Waals surface area contributed by atoms with Gasteiger partial charge in [0, 0.05) is 12.1 Å². The molecule has 13 heteroatoms. The summed E-state index contributed by atoms with van der Waals surface area (Å²) in [6.45, 7) is 1.03. The van der Waals surface area contributed by atoms with Crippen LogP contribution in [0.3, 0.4) is 0 Å². The molecule has 0 atom stereocenters. The lowest BCUT2D eigenvalue weighted by molar-refractivity contribution is -0.385. The molecule has 0 fully saturated rings. The highest BCUT2D eigenvalue weighted by Crippen LogP contribution is 2.19. The van der Waals surface area contributed by atoms with Crippen LogP contribution in [0.4, 0.5) is 11.4 Å². The van der Waals surface area contributed by atoms with Crippen LogP contribution in [0.5, 0.6) is 0 Å². The molecule has 0 bridgehead atoms. The highest BCUT2D eigenvalue weighted by atomic mass is 16.6. The molecule has 0 saturated carbocycles. The standard InChI is InChI=1S/C22H24N2O11/c25-21(17-5-1-3-7-19(17)23(27)28)34-15-13-32-11-9-31-10-12-33-14-16-35-22(26)18-6-2-4-8-20(18)24(29)30/h1-8H,9-16H2. The van der Waals surface area contributed by atoms with E-state index in [1.807, 2.05) is 0 Å². The Bertz CT molecular complexity index is 933. The number of hydrogen-bond donors (Lipinski definition) is 0. The first kappa shape index (κ1) is 27.3. The second kappa shape index (κ2) is 15.1. The fourth-order valence-electron chi connectivity index (χ4n) is 2.69. The molecule has 35 heavy (non-hydrogen) atoms. The number of carbonyl (C=O) groups excluding carboxylic acids is 2. The average molecular weight is 492 g/mol. The van der Waals surface area contributed by atoms with E-state index in [0.29, 0.717) is 0 Å². The third-order valence-electron chi connectivity index (χ3n) is 4.31. The molecule has 0 aliphatic carbocycles. The van der Waals surface area contributed by atoms with Crippen molar-refractivity contribution in [3.63, 3.8) is 0 Å². The van der Waals surface area contributed by atoms with Crippen molar-refractivity contribution >= 4 is 23.3 Å². The summed E-state index contributed by atoms with van der Waals surface area (Å²) in [7, 11) is 0. The van der Waals surface area contributed by atoms with Gasteiger partial charge in [0.05, 0.1) is 49.5 Å². The van der Waals surface area contributed by atoms with Gasteiger partial charge in [-0.25, -0.2) is 9.59 Å². The van der Waals surface area contributed by atoms with E-state index in [1.165, 1.54) is 48.5 Å². The second-order valence-electron chi connectivity index (χ2n) is 6.66. The first-order valence-electron chi connectivity index (χ1n) is 10.5. The van der Waals surface area contributed by atoms with E-state index in [4.69, 9.17) is 23.7 Å². The van der Waals surface area contributed by atoms with Crippen LogP contribution in [0.1, 0.15) is 20.7 Å². The predicted octanol–water partition coefficient (Wildman–Crippen LogP) is 2.57. The molecular formula is C22H24N2O11. The van der Waals surface area contributed by atoms with Crippen LogP contribution in [-0.2, 0) is 23.7 Å². The highest BCUT2D eigenvalue weighted by molar-refractivity contribution is 5.94. The molecule has 188 valence electrons. The number of nitro groups is 2. The zero-order valence-corrected chi connectivity index (χ0v) is 18.7. The molecular weight excluding hydrogens is 468 g/mol. The number of ether oxygens (including phenoxy) is 5. The van der Waals surface area contributed by atoms with E-state index in [2.05, 4.69) is 0 Å². The van der Waals surface area contributed by atoms with Crippen molar-refractivity contribution in [1.82, 2.24) is 0 Å². The van der Waals surface area contributed by atoms with Crippen molar-refractivity contribution in [2.75, 3.05) is 52.9 Å². The van der Waals surface area contributed by atoms with Crippen LogP contribution in [0.2, 0.25) is 0 Å². The number of nitro benzene ring substituents is 2. The van der Waals surface area contributed by atoms with E-state index in [9.17, 15) is 29.8 Å². The molecule has 2 rings (SSSR count). The van der Waals surface area contributed by atoms with Crippen LogP contribution in [0, 0.1) is 20.2 Å². The van der Waals surface area contributed by atoms with Crippen LogP contribution in [0.25, 0.3) is 0 Å². The van der Waals surface area contributed by atoms with Crippen molar-refractivity contribution in [3.05, 3.63) is 79.9 Å². The Labute approximate surface area is 199 Å². The maximum Gasteiger partial charge on any atom is 0.345 e. The summed E-state index contributed by atoms with van der Waals surface area (Å²) in [5, 5.41) is 21.8. The number of esters is 2. The van der Waals surface area contributed by atoms with Gasteiger partial charge in [-0.3, -0.25) is 20.2 Å². The van der Waals surface area contributed by atoms with Crippen LogP contribution < -0.4 is 0 Å². The maximum absolute atomic E-state index is 11.9. The molecule has 0 unspecified atom stereocenters. The average Bonchev–Trinajstić information content (AvgIpc) is 2.86. The van der Waals surface area contributed by atoms with Gasteiger partial charge < -0.3 is 23.7 Å². The Kier molecular flexibility index (Phi) is 11.7. The summed E-state index contributed by atoms with van der Waals surface area (Å²) < 4.78 is 25.7. The van der Waals surface area contributed by atoms with Gasteiger partial charge >= 0.3 is 11.9 Å². The molecule has 13 nitrogen and oxygen atoms in total. The van der Waals surface area contributed by atoms with Gasteiger partial charge in [0.2, 0.25) is 0 Å². The van der Waals surface area contributed by atoms with Gasteiger partial charge in [-0.2, -0.15) is 0 Å². The van der Waals surface area contributed by atoms with E-state index in [0.717, 1.165) is 0 Å². The number of hydrogen-bond acceptors (Lipinski definition) is 11. The van der Waals surface area contributed by atoms with Crippen LogP contribution >= 0.6 is 0 Å². The monoisotopic (exact) mass is 492 g/mol. The van der Waals surface area contributed by atoms with Gasteiger partial charge in [-0.1, -0.05) is 24.3 Å². The number of carbonyl (C=O) groups is 2. The van der Waals surface area contributed by atoms with Gasteiger partial charge in [0.15, 0.2) is 0 Å². The zero-order chi connectivity index (χ0) is 25.5. The highest BCUT2D eigenvalue weighted by Gasteiger charge is 2.21. The predicted molar refractivity (Wildman–Crippen MR) is 119 cm³/mol. The van der Waals surface area contributed by atoms with Gasteiger partial charge in [-0.05, 0) is 12.1 Å². The van der Waals surface area contributed by atoms with E-state index in [1.54, 1.807) is 0 Å². The first-order valence-corrected chi connectivity index (χ1v) is 10.5. The van der Waals surface area contributed by atoms with Crippen LogP contribution in [-0.4, -0.2) is 74.6 Å². The maximum atomic E-state index is 11.9. The number of para-hydroxylation sites is 2. The van der Waals surface area contributed by atoms with E-state index < -0.39 is 21.8 Å². The summed E-state index contributed by atoms with van der Waals surface area (Å²) in [5.41, 5.74) is -0.909. The minimum Gasteiger partial charge on any atom is -0.459 e. The molecule has 2 aromatic carbocycles. The molecule has 0 aromatic heterocycles. The molecule has 0 N–H and O–H groups in total. The molecule has 0 amide bonds. The van der Waals surface area contributed by atoms with Crippen molar-refractivity contribution in [2.45, 2.75) is 0 Å². The summed E-state index contributed by atoms with van der Waals surface area (Å²) in [5.74, 6) is -1.61. The Morgan fingerprint density at radius 2 is 0.886 bits per heavy atom. The fraction of sp³-hybridized carbons (Fsp3) is 0.364.